The molecule has 3 heteroatoms. The van der Waals surface area contributed by atoms with Gasteiger partial charge in [0.15, 0.2) is 0 Å². The van der Waals surface area contributed by atoms with E-state index in [4.69, 9.17) is 0 Å². The van der Waals surface area contributed by atoms with Gasteiger partial charge in [-0.25, -0.2) is 4.98 Å². The summed E-state index contributed by atoms with van der Waals surface area (Å²) in [6.07, 6.45) is 11.5. The molecule has 1 N–H and O–H groups in total. The Labute approximate surface area is 136 Å². The van der Waals surface area contributed by atoms with Crippen LogP contribution in [0.25, 0.3) is 0 Å². The number of aromatic hydroxyl groups is 1. The van der Waals surface area contributed by atoms with Crippen molar-refractivity contribution in [1.29, 1.82) is 0 Å². The molecule has 0 amide bonds. The molecule has 0 spiro atoms. The quantitative estimate of drug-likeness (QED) is 0.607. The third-order valence-corrected chi connectivity index (χ3v) is 4.39. The molecule has 0 aliphatic rings. The maximum atomic E-state index is 10.3. The van der Waals surface area contributed by atoms with E-state index in [9.17, 15) is 5.11 Å². The Morgan fingerprint density at radius 1 is 0.909 bits per heavy atom. The van der Waals surface area contributed by atoms with Gasteiger partial charge in [-0.1, -0.05) is 51.9 Å². The van der Waals surface area contributed by atoms with E-state index < -0.39 is 0 Å². The molecule has 0 saturated carbocycles. The summed E-state index contributed by atoms with van der Waals surface area (Å²) in [5.74, 6) is 1.37. The van der Waals surface area contributed by atoms with Crippen molar-refractivity contribution in [3.05, 3.63) is 16.8 Å². The van der Waals surface area contributed by atoms with Crippen LogP contribution in [-0.2, 0) is 6.42 Å². The maximum Gasteiger partial charge on any atom is 0.140 e. The van der Waals surface area contributed by atoms with Gasteiger partial charge in [-0.2, -0.15) is 0 Å². The van der Waals surface area contributed by atoms with E-state index in [1.165, 1.54) is 44.9 Å². The molecule has 0 saturated heterocycles. The van der Waals surface area contributed by atoms with Gasteiger partial charge in [-0.3, -0.25) is 0 Å². The second-order valence-corrected chi connectivity index (χ2v) is 6.59. The van der Waals surface area contributed by atoms with Gasteiger partial charge in [-0.05, 0) is 32.3 Å². The summed E-state index contributed by atoms with van der Waals surface area (Å²) in [5.41, 5.74) is 2.95. The molecule has 0 aliphatic heterocycles. The monoisotopic (exact) mass is 306 g/mol. The Kier molecular flexibility index (Phi) is 8.29. The number of hydrogen-bond acceptors (Lipinski definition) is 3. The van der Waals surface area contributed by atoms with Crippen LogP contribution in [0.15, 0.2) is 0 Å². The first-order valence-electron chi connectivity index (χ1n) is 8.85. The molecule has 0 fully saturated rings. The lowest BCUT2D eigenvalue weighted by molar-refractivity contribution is 0.457. The number of rotatable bonds is 10. The lowest BCUT2D eigenvalue weighted by Crippen LogP contribution is -2.14. The highest BCUT2D eigenvalue weighted by molar-refractivity contribution is 5.55. The highest BCUT2D eigenvalue weighted by Gasteiger charge is 2.15. The second-order valence-electron chi connectivity index (χ2n) is 6.59. The van der Waals surface area contributed by atoms with Gasteiger partial charge in [0.1, 0.15) is 11.6 Å². The summed E-state index contributed by atoms with van der Waals surface area (Å²) in [5, 5.41) is 10.3. The molecule has 1 rings (SSSR count). The number of nitrogens with zero attached hydrogens (tertiary/aromatic N) is 2. The van der Waals surface area contributed by atoms with Crippen LogP contribution in [-0.4, -0.2) is 24.2 Å². The molecule has 0 atom stereocenters. The molecular weight excluding hydrogens is 272 g/mol. The van der Waals surface area contributed by atoms with E-state index in [1.54, 1.807) is 0 Å². The number of aryl methyl sites for hydroxylation is 1. The molecule has 1 heterocycles. The topological polar surface area (TPSA) is 36.4 Å². The van der Waals surface area contributed by atoms with Gasteiger partial charge in [0.25, 0.3) is 0 Å². The number of pyridine rings is 1. The zero-order valence-corrected chi connectivity index (χ0v) is 15.2. The van der Waals surface area contributed by atoms with Crippen molar-refractivity contribution in [3.8, 4) is 5.75 Å². The highest BCUT2D eigenvalue weighted by atomic mass is 16.3. The van der Waals surface area contributed by atoms with E-state index in [0.29, 0.717) is 5.75 Å². The van der Waals surface area contributed by atoms with Crippen molar-refractivity contribution in [2.24, 2.45) is 0 Å². The predicted molar refractivity (Wildman–Crippen MR) is 96.0 cm³/mol. The van der Waals surface area contributed by atoms with Crippen molar-refractivity contribution in [2.75, 3.05) is 19.0 Å². The molecule has 0 bridgehead atoms. The standard InChI is InChI=1S/C19H34N2O/c1-6-7-8-9-10-11-12-13-14-17-15(2)19(21(4)5)20-16(3)18(17)22/h22H,6-14H2,1-5H3. The van der Waals surface area contributed by atoms with Crippen molar-refractivity contribution in [1.82, 2.24) is 4.98 Å². The van der Waals surface area contributed by atoms with E-state index in [0.717, 1.165) is 35.5 Å². The summed E-state index contributed by atoms with van der Waals surface area (Å²) < 4.78 is 0. The third kappa shape index (κ3) is 5.51. The fraction of sp³-hybridized carbons (Fsp3) is 0.737. The number of hydrogen-bond donors (Lipinski definition) is 1. The van der Waals surface area contributed by atoms with Crippen LogP contribution in [0.3, 0.4) is 0 Å². The highest BCUT2D eigenvalue weighted by Crippen LogP contribution is 2.31. The van der Waals surface area contributed by atoms with Crippen molar-refractivity contribution >= 4 is 5.82 Å². The SMILES string of the molecule is CCCCCCCCCCc1c(C)c(N(C)C)nc(C)c1O. The van der Waals surface area contributed by atoms with Crippen LogP contribution in [0.1, 0.15) is 75.1 Å². The van der Waals surface area contributed by atoms with E-state index >= 15 is 0 Å². The maximum absolute atomic E-state index is 10.3. The van der Waals surface area contributed by atoms with Crippen LogP contribution in [0, 0.1) is 13.8 Å². The molecule has 22 heavy (non-hydrogen) atoms. The normalized spacial score (nSPS) is 11.0. The first-order chi connectivity index (χ1) is 10.5. The van der Waals surface area contributed by atoms with Gasteiger partial charge in [-0.15, -0.1) is 0 Å². The Morgan fingerprint density at radius 3 is 2.00 bits per heavy atom. The van der Waals surface area contributed by atoms with Crippen molar-refractivity contribution < 1.29 is 5.11 Å². The van der Waals surface area contributed by atoms with E-state index in [-0.39, 0.29) is 0 Å². The van der Waals surface area contributed by atoms with Gasteiger partial charge in [0.05, 0.1) is 5.69 Å². The van der Waals surface area contributed by atoms with Crippen molar-refractivity contribution in [3.63, 3.8) is 0 Å². The summed E-state index contributed by atoms with van der Waals surface area (Å²) >= 11 is 0. The Hall–Kier alpha value is -1.25. The minimum Gasteiger partial charge on any atom is -0.506 e. The lowest BCUT2D eigenvalue weighted by Gasteiger charge is -2.19. The number of anilines is 1. The molecule has 0 aromatic carbocycles. The van der Waals surface area contributed by atoms with Gasteiger partial charge in [0, 0.05) is 19.7 Å². The molecule has 126 valence electrons. The third-order valence-electron chi connectivity index (χ3n) is 4.39. The number of unbranched alkanes of at least 4 members (excludes halogenated alkanes) is 7. The molecule has 0 aliphatic carbocycles. The Morgan fingerprint density at radius 2 is 1.45 bits per heavy atom. The van der Waals surface area contributed by atoms with E-state index in [1.807, 2.05) is 25.9 Å². The largest absolute Gasteiger partial charge is 0.506 e. The first kappa shape index (κ1) is 18.8. The summed E-state index contributed by atoms with van der Waals surface area (Å²) in [6.45, 7) is 6.22. The van der Waals surface area contributed by atoms with Gasteiger partial charge >= 0.3 is 0 Å². The van der Waals surface area contributed by atoms with Crippen LogP contribution < -0.4 is 4.90 Å². The lowest BCUT2D eigenvalue weighted by atomic mass is 9.99. The first-order valence-corrected chi connectivity index (χ1v) is 8.85. The molecule has 3 nitrogen and oxygen atoms in total. The smallest absolute Gasteiger partial charge is 0.140 e. The second kappa shape index (κ2) is 9.70. The van der Waals surface area contributed by atoms with Crippen molar-refractivity contribution in [2.45, 2.75) is 78.6 Å². The van der Waals surface area contributed by atoms with Crippen LogP contribution >= 0.6 is 0 Å². The molecule has 0 unspecified atom stereocenters. The fourth-order valence-corrected chi connectivity index (χ4v) is 3.00. The van der Waals surface area contributed by atoms with Gasteiger partial charge < -0.3 is 10.0 Å². The zero-order valence-electron chi connectivity index (χ0n) is 15.2. The van der Waals surface area contributed by atoms with E-state index in [2.05, 4.69) is 18.8 Å². The fourth-order valence-electron chi connectivity index (χ4n) is 3.00. The molecule has 0 radical (unpaired) electrons. The van der Waals surface area contributed by atoms with Crippen LogP contribution in [0.2, 0.25) is 0 Å². The molecular formula is C19H34N2O. The summed E-state index contributed by atoms with van der Waals surface area (Å²) in [7, 11) is 4.01. The Balaban J connectivity index is 2.48. The minimum absolute atomic E-state index is 0.394. The average Bonchev–Trinajstić information content (AvgIpc) is 2.48. The Bertz CT molecular complexity index is 455. The van der Waals surface area contributed by atoms with Crippen LogP contribution in [0.4, 0.5) is 5.82 Å². The predicted octanol–water partition coefficient (Wildman–Crippen LogP) is 5.15. The summed E-state index contributed by atoms with van der Waals surface area (Å²) in [6, 6.07) is 0. The summed E-state index contributed by atoms with van der Waals surface area (Å²) in [4.78, 5) is 6.52. The average molecular weight is 306 g/mol. The minimum atomic E-state index is 0.394. The zero-order chi connectivity index (χ0) is 16.5. The number of aromatic nitrogens is 1. The van der Waals surface area contributed by atoms with Crippen LogP contribution in [0.5, 0.6) is 5.75 Å². The van der Waals surface area contributed by atoms with Gasteiger partial charge in [0.2, 0.25) is 0 Å². The molecule has 1 aromatic rings. The molecule has 1 aromatic heterocycles.